The Hall–Kier alpha value is -2.26. The molecule has 3 heteroatoms. The maximum atomic E-state index is 12.8. The van der Waals surface area contributed by atoms with Gasteiger partial charge in [-0.25, -0.2) is 0 Å². The van der Waals surface area contributed by atoms with Crippen molar-refractivity contribution in [1.82, 2.24) is 0 Å². The molecular formula is C21H24NO2+. The number of ketones is 2. The Morgan fingerprint density at radius 3 is 1.75 bits per heavy atom. The molecule has 0 amide bonds. The summed E-state index contributed by atoms with van der Waals surface area (Å²) in [4.78, 5) is 25.5. The SMILES string of the molecule is CC[N+](CC)(CC)Cc1ccc2c(c1)C(=O)c1ccccc1C2=O. The molecule has 0 heterocycles. The zero-order chi connectivity index (χ0) is 17.3. The second kappa shape index (κ2) is 6.33. The van der Waals surface area contributed by atoms with Gasteiger partial charge < -0.3 is 4.48 Å². The molecule has 0 bridgehead atoms. The third-order valence-electron chi connectivity index (χ3n) is 5.52. The minimum absolute atomic E-state index is 0.0374. The Morgan fingerprint density at radius 2 is 1.21 bits per heavy atom. The molecule has 3 rings (SSSR count). The lowest BCUT2D eigenvalue weighted by Gasteiger charge is -2.36. The zero-order valence-corrected chi connectivity index (χ0v) is 14.6. The average molecular weight is 322 g/mol. The second-order valence-electron chi connectivity index (χ2n) is 6.53. The molecule has 0 aromatic heterocycles. The van der Waals surface area contributed by atoms with Crippen molar-refractivity contribution in [2.24, 2.45) is 0 Å². The number of hydrogen-bond donors (Lipinski definition) is 0. The molecule has 2 aromatic rings. The molecule has 0 unspecified atom stereocenters. The summed E-state index contributed by atoms with van der Waals surface area (Å²) >= 11 is 0. The quantitative estimate of drug-likeness (QED) is 0.669. The summed E-state index contributed by atoms with van der Waals surface area (Å²) in [5.74, 6) is -0.0846. The summed E-state index contributed by atoms with van der Waals surface area (Å²) in [6, 6.07) is 12.9. The summed E-state index contributed by atoms with van der Waals surface area (Å²) in [5.41, 5.74) is 3.25. The number of carbonyl (C=O) groups excluding carboxylic acids is 2. The fourth-order valence-corrected chi connectivity index (χ4v) is 3.64. The normalized spacial score (nSPS) is 13.6. The first-order valence-corrected chi connectivity index (χ1v) is 8.71. The molecule has 1 aliphatic carbocycles. The fraction of sp³-hybridized carbons (Fsp3) is 0.333. The number of quaternary nitrogens is 1. The highest BCUT2D eigenvalue weighted by molar-refractivity contribution is 6.28. The van der Waals surface area contributed by atoms with Crippen molar-refractivity contribution in [3.8, 4) is 0 Å². The van der Waals surface area contributed by atoms with Crippen LogP contribution in [-0.4, -0.2) is 35.7 Å². The molecule has 124 valence electrons. The second-order valence-corrected chi connectivity index (χ2v) is 6.53. The van der Waals surface area contributed by atoms with Crippen molar-refractivity contribution in [2.45, 2.75) is 27.3 Å². The van der Waals surface area contributed by atoms with Crippen LogP contribution in [0.2, 0.25) is 0 Å². The lowest BCUT2D eigenvalue weighted by Crippen LogP contribution is -2.46. The molecule has 0 saturated heterocycles. The van der Waals surface area contributed by atoms with E-state index >= 15 is 0 Å². The summed E-state index contributed by atoms with van der Waals surface area (Å²) in [6.45, 7) is 10.7. The number of hydrogen-bond acceptors (Lipinski definition) is 2. The van der Waals surface area contributed by atoms with Crippen LogP contribution in [0.3, 0.4) is 0 Å². The van der Waals surface area contributed by atoms with Gasteiger partial charge in [0.05, 0.1) is 19.6 Å². The molecule has 24 heavy (non-hydrogen) atoms. The molecule has 0 N–H and O–H groups in total. The molecule has 1 aliphatic rings. The van der Waals surface area contributed by atoms with Crippen molar-refractivity contribution in [3.63, 3.8) is 0 Å². The van der Waals surface area contributed by atoms with E-state index in [1.807, 2.05) is 24.3 Å². The monoisotopic (exact) mass is 322 g/mol. The van der Waals surface area contributed by atoms with Gasteiger partial charge in [0.15, 0.2) is 11.6 Å². The number of carbonyl (C=O) groups is 2. The Labute approximate surface area is 143 Å². The van der Waals surface area contributed by atoms with Crippen LogP contribution in [0.5, 0.6) is 0 Å². The molecular weight excluding hydrogens is 298 g/mol. The molecule has 0 fully saturated rings. The number of fused-ring (bicyclic) bond motifs is 2. The Balaban J connectivity index is 2.03. The predicted octanol–water partition coefficient (Wildman–Crippen LogP) is 3.84. The molecule has 0 saturated carbocycles. The molecule has 0 aliphatic heterocycles. The van der Waals surface area contributed by atoms with Crippen molar-refractivity contribution in [3.05, 3.63) is 70.3 Å². The van der Waals surface area contributed by atoms with E-state index in [9.17, 15) is 9.59 Å². The van der Waals surface area contributed by atoms with E-state index in [0.29, 0.717) is 22.3 Å². The summed E-state index contributed by atoms with van der Waals surface area (Å²) < 4.78 is 0.984. The van der Waals surface area contributed by atoms with Gasteiger partial charge >= 0.3 is 0 Å². The lowest BCUT2D eigenvalue weighted by molar-refractivity contribution is -0.936. The zero-order valence-electron chi connectivity index (χ0n) is 14.6. The van der Waals surface area contributed by atoms with E-state index in [0.717, 1.165) is 36.2 Å². The lowest BCUT2D eigenvalue weighted by atomic mass is 9.83. The highest BCUT2D eigenvalue weighted by atomic mass is 16.1. The summed E-state index contributed by atoms with van der Waals surface area (Å²) in [7, 11) is 0. The van der Waals surface area contributed by atoms with Crippen LogP contribution in [0, 0.1) is 0 Å². The topological polar surface area (TPSA) is 34.1 Å². The van der Waals surface area contributed by atoms with Crippen LogP contribution in [0.25, 0.3) is 0 Å². The third kappa shape index (κ3) is 2.59. The largest absolute Gasteiger partial charge is 0.321 e. The molecule has 0 spiro atoms. The average Bonchev–Trinajstić information content (AvgIpc) is 2.64. The minimum atomic E-state index is -0.0472. The van der Waals surface area contributed by atoms with Crippen molar-refractivity contribution >= 4 is 11.6 Å². The van der Waals surface area contributed by atoms with E-state index < -0.39 is 0 Å². The first kappa shape index (κ1) is 16.6. The van der Waals surface area contributed by atoms with Gasteiger partial charge in [0, 0.05) is 27.8 Å². The molecule has 0 radical (unpaired) electrons. The van der Waals surface area contributed by atoms with Gasteiger partial charge in [-0.05, 0) is 32.9 Å². The molecule has 0 atom stereocenters. The van der Waals surface area contributed by atoms with Gasteiger partial charge in [-0.3, -0.25) is 9.59 Å². The van der Waals surface area contributed by atoms with Gasteiger partial charge in [0.1, 0.15) is 6.54 Å². The Morgan fingerprint density at radius 1 is 0.708 bits per heavy atom. The van der Waals surface area contributed by atoms with Gasteiger partial charge in [-0.1, -0.05) is 30.3 Å². The smallest absolute Gasteiger partial charge is 0.194 e. The highest BCUT2D eigenvalue weighted by Crippen LogP contribution is 2.28. The number of rotatable bonds is 5. The van der Waals surface area contributed by atoms with Crippen LogP contribution in [0.4, 0.5) is 0 Å². The maximum absolute atomic E-state index is 12.8. The van der Waals surface area contributed by atoms with Crippen molar-refractivity contribution in [2.75, 3.05) is 19.6 Å². The summed E-state index contributed by atoms with van der Waals surface area (Å²) in [5, 5.41) is 0. The fourth-order valence-electron chi connectivity index (χ4n) is 3.64. The van der Waals surface area contributed by atoms with Crippen LogP contribution in [0.1, 0.15) is 58.2 Å². The van der Waals surface area contributed by atoms with E-state index in [2.05, 4.69) is 20.8 Å². The Kier molecular flexibility index (Phi) is 4.37. The van der Waals surface area contributed by atoms with Gasteiger partial charge in [0.2, 0.25) is 0 Å². The Bertz CT molecular complexity index is 795. The number of benzene rings is 2. The van der Waals surface area contributed by atoms with Gasteiger partial charge in [0.25, 0.3) is 0 Å². The highest BCUT2D eigenvalue weighted by Gasteiger charge is 2.30. The minimum Gasteiger partial charge on any atom is -0.321 e. The van der Waals surface area contributed by atoms with E-state index in [1.165, 1.54) is 0 Å². The van der Waals surface area contributed by atoms with Crippen LogP contribution >= 0.6 is 0 Å². The first-order valence-electron chi connectivity index (χ1n) is 8.71. The standard InChI is InChI=1S/C21H24NO2/c1-4-22(5-2,6-3)14-15-11-12-18-19(13-15)21(24)17-10-8-7-9-16(17)20(18)23/h7-13H,4-6,14H2,1-3H3/q+1. The third-order valence-corrected chi connectivity index (χ3v) is 5.52. The van der Waals surface area contributed by atoms with E-state index in [1.54, 1.807) is 18.2 Å². The molecule has 2 aromatic carbocycles. The number of nitrogens with zero attached hydrogens (tertiary/aromatic N) is 1. The van der Waals surface area contributed by atoms with Crippen LogP contribution < -0.4 is 0 Å². The maximum Gasteiger partial charge on any atom is 0.194 e. The molecule has 3 nitrogen and oxygen atoms in total. The predicted molar refractivity (Wildman–Crippen MR) is 95.3 cm³/mol. The van der Waals surface area contributed by atoms with Gasteiger partial charge in [-0.15, -0.1) is 0 Å². The van der Waals surface area contributed by atoms with Gasteiger partial charge in [-0.2, -0.15) is 0 Å². The first-order chi connectivity index (χ1) is 11.5. The van der Waals surface area contributed by atoms with Crippen LogP contribution in [0.15, 0.2) is 42.5 Å². The van der Waals surface area contributed by atoms with Crippen LogP contribution in [-0.2, 0) is 6.54 Å². The van der Waals surface area contributed by atoms with Crippen molar-refractivity contribution < 1.29 is 14.1 Å². The van der Waals surface area contributed by atoms with Crippen molar-refractivity contribution in [1.29, 1.82) is 0 Å². The van der Waals surface area contributed by atoms with E-state index in [4.69, 9.17) is 0 Å². The van der Waals surface area contributed by atoms with E-state index in [-0.39, 0.29) is 11.6 Å². The summed E-state index contributed by atoms with van der Waals surface area (Å²) in [6.07, 6.45) is 0.